The second-order valence-corrected chi connectivity index (χ2v) is 5.13. The molecule has 1 amide bonds. The van der Waals surface area contributed by atoms with Gasteiger partial charge >= 0.3 is 12.1 Å². The van der Waals surface area contributed by atoms with Gasteiger partial charge in [-0.3, -0.25) is 9.59 Å². The number of benzene rings is 2. The number of rotatable bonds is 5. The molecule has 2 aromatic carbocycles. The highest BCUT2D eigenvalue weighted by atomic mass is 19.4. The Morgan fingerprint density at radius 1 is 1.15 bits per heavy atom. The number of hydrogen-bond donors (Lipinski definition) is 2. The van der Waals surface area contributed by atoms with Gasteiger partial charge in [-0.15, -0.1) is 0 Å². The Morgan fingerprint density at radius 3 is 2.50 bits per heavy atom. The summed E-state index contributed by atoms with van der Waals surface area (Å²) in [7, 11) is 1.37. The van der Waals surface area contributed by atoms with Crippen LogP contribution in [0.25, 0.3) is 6.08 Å². The normalized spacial score (nSPS) is 11.4. The SMILES string of the molecule is COc1cc(/C=C/C(=O)c2ccccc2NC(=O)C(F)(F)F)ccc1O. The van der Waals surface area contributed by atoms with E-state index < -0.39 is 17.9 Å². The number of para-hydroxylation sites is 1. The van der Waals surface area contributed by atoms with Crippen molar-refractivity contribution in [2.24, 2.45) is 0 Å². The maximum Gasteiger partial charge on any atom is 0.471 e. The number of amides is 1. The number of carbonyl (C=O) groups is 2. The predicted octanol–water partition coefficient (Wildman–Crippen LogP) is 3.80. The summed E-state index contributed by atoms with van der Waals surface area (Å²) in [6.07, 6.45) is -2.51. The van der Waals surface area contributed by atoms with E-state index in [-0.39, 0.29) is 22.7 Å². The second-order valence-electron chi connectivity index (χ2n) is 5.13. The Kier molecular flexibility index (Phi) is 5.66. The van der Waals surface area contributed by atoms with Gasteiger partial charge in [-0.05, 0) is 35.9 Å². The van der Waals surface area contributed by atoms with Gasteiger partial charge in [0.05, 0.1) is 12.8 Å². The first kappa shape index (κ1) is 19.0. The first-order valence-corrected chi connectivity index (χ1v) is 7.29. The van der Waals surface area contributed by atoms with E-state index in [9.17, 15) is 27.9 Å². The topological polar surface area (TPSA) is 75.6 Å². The van der Waals surface area contributed by atoms with E-state index in [4.69, 9.17) is 4.74 Å². The molecule has 2 aromatic rings. The molecule has 2 N–H and O–H groups in total. The molecule has 0 saturated heterocycles. The van der Waals surface area contributed by atoms with Crippen molar-refractivity contribution in [1.82, 2.24) is 0 Å². The summed E-state index contributed by atoms with van der Waals surface area (Å²) in [6, 6.07) is 9.76. The van der Waals surface area contributed by atoms with Crippen LogP contribution < -0.4 is 10.1 Å². The predicted molar refractivity (Wildman–Crippen MR) is 89.2 cm³/mol. The number of phenols is 1. The molecule has 8 heteroatoms. The van der Waals surface area contributed by atoms with Gasteiger partial charge in [-0.1, -0.05) is 24.3 Å². The molecule has 0 aliphatic rings. The average molecular weight is 365 g/mol. The Balaban J connectivity index is 2.24. The molecule has 0 aromatic heterocycles. The van der Waals surface area contributed by atoms with Gasteiger partial charge in [0.25, 0.3) is 0 Å². The van der Waals surface area contributed by atoms with E-state index in [0.29, 0.717) is 5.56 Å². The molecule has 2 rings (SSSR count). The summed E-state index contributed by atoms with van der Waals surface area (Å²) >= 11 is 0. The third-order valence-corrected chi connectivity index (χ3v) is 3.33. The molecule has 0 aliphatic carbocycles. The highest BCUT2D eigenvalue weighted by molar-refractivity contribution is 6.12. The lowest BCUT2D eigenvalue weighted by Gasteiger charge is -2.10. The van der Waals surface area contributed by atoms with E-state index in [1.54, 1.807) is 5.32 Å². The fourth-order valence-corrected chi connectivity index (χ4v) is 2.06. The van der Waals surface area contributed by atoms with Gasteiger partial charge in [0, 0.05) is 5.56 Å². The van der Waals surface area contributed by atoms with Crippen molar-refractivity contribution < 1.29 is 32.6 Å². The summed E-state index contributed by atoms with van der Waals surface area (Å²) in [5.74, 6) is -2.63. The number of phenolic OH excluding ortho intramolecular Hbond substituents is 1. The monoisotopic (exact) mass is 365 g/mol. The lowest BCUT2D eigenvalue weighted by molar-refractivity contribution is -0.167. The standard InChI is InChI=1S/C18H14F3NO4/c1-26-16-10-11(7-9-15(16)24)6-8-14(23)12-4-2-3-5-13(12)22-17(25)18(19,20)21/h2-10,24H,1H3,(H,22,25)/b8-6+. The Bertz CT molecular complexity index is 860. The first-order chi connectivity index (χ1) is 12.2. The summed E-state index contributed by atoms with van der Waals surface area (Å²) in [5, 5.41) is 11.2. The van der Waals surface area contributed by atoms with E-state index in [2.05, 4.69) is 0 Å². The number of ether oxygens (including phenoxy) is 1. The lowest BCUT2D eigenvalue weighted by atomic mass is 10.1. The van der Waals surface area contributed by atoms with Gasteiger partial charge in [0.2, 0.25) is 0 Å². The quantitative estimate of drug-likeness (QED) is 0.624. The number of halogens is 3. The van der Waals surface area contributed by atoms with Crippen LogP contribution in [0.3, 0.4) is 0 Å². The zero-order valence-electron chi connectivity index (χ0n) is 13.5. The largest absolute Gasteiger partial charge is 0.504 e. The Labute approximate surface area is 146 Å². The minimum atomic E-state index is -5.06. The van der Waals surface area contributed by atoms with Gasteiger partial charge in [-0.25, -0.2) is 0 Å². The van der Waals surface area contributed by atoms with Gasteiger partial charge in [-0.2, -0.15) is 13.2 Å². The highest BCUT2D eigenvalue weighted by Gasteiger charge is 2.39. The molecule has 0 radical (unpaired) electrons. The van der Waals surface area contributed by atoms with Gasteiger partial charge in [0.15, 0.2) is 17.3 Å². The Morgan fingerprint density at radius 2 is 1.85 bits per heavy atom. The van der Waals surface area contributed by atoms with Crippen LogP contribution in [0, 0.1) is 0 Å². The summed E-state index contributed by atoms with van der Waals surface area (Å²) in [5.41, 5.74) is 0.199. The Hall–Kier alpha value is -3.29. The molecule has 0 heterocycles. The summed E-state index contributed by atoms with van der Waals surface area (Å²) in [4.78, 5) is 23.4. The molecular weight excluding hydrogens is 351 g/mol. The molecular formula is C18H14F3NO4. The van der Waals surface area contributed by atoms with Gasteiger partial charge in [0.1, 0.15) is 0 Å². The van der Waals surface area contributed by atoms with Crippen LogP contribution in [-0.2, 0) is 4.79 Å². The van der Waals surface area contributed by atoms with Crippen LogP contribution in [0.4, 0.5) is 18.9 Å². The minimum Gasteiger partial charge on any atom is -0.504 e. The van der Waals surface area contributed by atoms with Crippen LogP contribution in [0.2, 0.25) is 0 Å². The molecule has 5 nitrogen and oxygen atoms in total. The van der Waals surface area contributed by atoms with Crippen LogP contribution in [0.1, 0.15) is 15.9 Å². The molecule has 0 unspecified atom stereocenters. The molecule has 0 spiro atoms. The van der Waals surface area contributed by atoms with Gasteiger partial charge < -0.3 is 15.2 Å². The molecule has 136 valence electrons. The number of anilines is 1. The maximum absolute atomic E-state index is 12.4. The number of carbonyl (C=O) groups excluding carboxylic acids is 2. The molecule has 26 heavy (non-hydrogen) atoms. The molecule has 0 fully saturated rings. The van der Waals surface area contributed by atoms with Crippen molar-refractivity contribution in [1.29, 1.82) is 0 Å². The molecule has 0 bridgehead atoms. The highest BCUT2D eigenvalue weighted by Crippen LogP contribution is 2.27. The van der Waals surface area contributed by atoms with Crippen molar-refractivity contribution in [3.63, 3.8) is 0 Å². The second kappa shape index (κ2) is 7.73. The van der Waals surface area contributed by atoms with Crippen molar-refractivity contribution >= 4 is 23.5 Å². The smallest absolute Gasteiger partial charge is 0.471 e. The zero-order valence-corrected chi connectivity index (χ0v) is 13.5. The maximum atomic E-state index is 12.4. The number of ketones is 1. The van der Waals surface area contributed by atoms with E-state index in [0.717, 1.165) is 6.08 Å². The van der Waals surface area contributed by atoms with Crippen LogP contribution >= 0.6 is 0 Å². The third-order valence-electron chi connectivity index (χ3n) is 3.33. The minimum absolute atomic E-state index is 0.0730. The number of aromatic hydroxyl groups is 1. The fourth-order valence-electron chi connectivity index (χ4n) is 2.06. The number of alkyl halides is 3. The summed E-state index contributed by atoms with van der Waals surface area (Å²) < 4.78 is 42.1. The van der Waals surface area contributed by atoms with E-state index >= 15 is 0 Å². The van der Waals surface area contributed by atoms with Crippen molar-refractivity contribution in [2.75, 3.05) is 12.4 Å². The van der Waals surface area contributed by atoms with E-state index in [1.165, 1.54) is 55.7 Å². The number of hydrogen-bond acceptors (Lipinski definition) is 4. The summed E-state index contributed by atoms with van der Waals surface area (Å²) in [6.45, 7) is 0. The average Bonchev–Trinajstić information content (AvgIpc) is 2.60. The number of allylic oxidation sites excluding steroid dienone is 1. The van der Waals surface area contributed by atoms with Crippen molar-refractivity contribution in [3.05, 3.63) is 59.7 Å². The van der Waals surface area contributed by atoms with Crippen LogP contribution in [-0.4, -0.2) is 30.1 Å². The van der Waals surface area contributed by atoms with E-state index in [1.807, 2.05) is 0 Å². The molecule has 0 aliphatic heterocycles. The molecule has 0 saturated carbocycles. The zero-order chi connectivity index (χ0) is 19.3. The third kappa shape index (κ3) is 4.62. The fraction of sp³-hybridized carbons (Fsp3) is 0.111. The van der Waals surface area contributed by atoms with Crippen LogP contribution in [0.15, 0.2) is 48.5 Å². The lowest BCUT2D eigenvalue weighted by Crippen LogP contribution is -2.30. The number of methoxy groups -OCH3 is 1. The first-order valence-electron chi connectivity index (χ1n) is 7.29. The van der Waals surface area contributed by atoms with Crippen molar-refractivity contribution in [2.45, 2.75) is 6.18 Å². The molecule has 0 atom stereocenters. The van der Waals surface area contributed by atoms with Crippen LogP contribution in [0.5, 0.6) is 11.5 Å². The van der Waals surface area contributed by atoms with Crippen molar-refractivity contribution in [3.8, 4) is 11.5 Å². The number of nitrogens with one attached hydrogen (secondary N) is 1.